The van der Waals surface area contributed by atoms with Gasteiger partial charge >= 0.3 is 5.97 Å². The molecule has 0 radical (unpaired) electrons. The number of aryl methyl sites for hydroxylation is 1. The van der Waals surface area contributed by atoms with E-state index >= 15 is 0 Å². The van der Waals surface area contributed by atoms with Crippen LogP contribution in [0, 0.1) is 6.92 Å². The Bertz CT molecular complexity index is 832. The summed E-state index contributed by atoms with van der Waals surface area (Å²) in [6, 6.07) is 9.54. The van der Waals surface area contributed by atoms with Crippen LogP contribution in [0.5, 0.6) is 17.2 Å². The van der Waals surface area contributed by atoms with Crippen LogP contribution in [-0.4, -0.2) is 29.9 Å². The highest BCUT2D eigenvalue weighted by Gasteiger charge is 2.22. The molecule has 2 aromatic rings. The second-order valence-corrected chi connectivity index (χ2v) is 5.63. The highest BCUT2D eigenvalue weighted by molar-refractivity contribution is 5.98. The minimum absolute atomic E-state index is 0.0164. The maximum Gasteiger partial charge on any atom is 0.342 e. The molecule has 0 aliphatic carbocycles. The number of aromatic hydroxyl groups is 1. The third kappa shape index (κ3) is 3.65. The fourth-order valence-electron chi connectivity index (χ4n) is 2.31. The van der Waals surface area contributed by atoms with Gasteiger partial charge in [-0.25, -0.2) is 4.79 Å². The van der Waals surface area contributed by atoms with Gasteiger partial charge in [-0.3, -0.25) is 4.79 Å². The van der Waals surface area contributed by atoms with Crippen molar-refractivity contribution in [2.24, 2.45) is 0 Å². The van der Waals surface area contributed by atoms with Gasteiger partial charge < -0.3 is 24.6 Å². The lowest BCUT2D eigenvalue weighted by Gasteiger charge is -2.14. The van der Waals surface area contributed by atoms with Gasteiger partial charge in [0, 0.05) is 11.8 Å². The predicted molar refractivity (Wildman–Crippen MR) is 88.9 cm³/mol. The SMILES string of the molecule is Cc1ccc(O)c(C(=O)OC(C)C(=O)Nc2ccc3c(c2)OCO3)c1. The van der Waals surface area contributed by atoms with Crippen molar-refractivity contribution < 1.29 is 28.9 Å². The average Bonchev–Trinajstić information content (AvgIpc) is 3.04. The van der Waals surface area contributed by atoms with Crippen LogP contribution in [0.25, 0.3) is 0 Å². The van der Waals surface area contributed by atoms with Gasteiger partial charge in [-0.05, 0) is 38.1 Å². The van der Waals surface area contributed by atoms with Crippen molar-refractivity contribution >= 4 is 17.6 Å². The minimum atomic E-state index is -1.04. The monoisotopic (exact) mass is 343 g/mol. The van der Waals surface area contributed by atoms with Crippen LogP contribution in [0.2, 0.25) is 0 Å². The molecule has 1 aliphatic rings. The molecule has 1 aliphatic heterocycles. The maximum atomic E-state index is 12.2. The number of hydrogen-bond acceptors (Lipinski definition) is 6. The molecule has 0 spiro atoms. The van der Waals surface area contributed by atoms with Crippen LogP contribution in [0.15, 0.2) is 36.4 Å². The number of amides is 1. The van der Waals surface area contributed by atoms with E-state index in [4.69, 9.17) is 14.2 Å². The van der Waals surface area contributed by atoms with Crippen molar-refractivity contribution in [1.29, 1.82) is 0 Å². The molecule has 2 aromatic carbocycles. The summed E-state index contributed by atoms with van der Waals surface area (Å²) in [6.07, 6.45) is -1.04. The number of phenolic OH excluding ortho intramolecular Hbond substituents is 1. The zero-order chi connectivity index (χ0) is 18.0. The molecule has 1 atom stereocenters. The summed E-state index contributed by atoms with van der Waals surface area (Å²) in [7, 11) is 0. The van der Waals surface area contributed by atoms with Crippen LogP contribution < -0.4 is 14.8 Å². The molecule has 25 heavy (non-hydrogen) atoms. The van der Waals surface area contributed by atoms with Gasteiger partial charge in [-0.1, -0.05) is 11.6 Å². The van der Waals surface area contributed by atoms with E-state index in [2.05, 4.69) is 5.32 Å². The first-order valence-corrected chi connectivity index (χ1v) is 7.65. The van der Waals surface area contributed by atoms with Crippen LogP contribution in [-0.2, 0) is 9.53 Å². The van der Waals surface area contributed by atoms with Gasteiger partial charge in [0.25, 0.3) is 5.91 Å². The first kappa shape index (κ1) is 16.6. The Balaban J connectivity index is 1.64. The normalized spacial score (nSPS) is 13.2. The van der Waals surface area contributed by atoms with Gasteiger partial charge in [0.1, 0.15) is 11.3 Å². The van der Waals surface area contributed by atoms with E-state index in [1.54, 1.807) is 31.2 Å². The molecule has 0 saturated carbocycles. The zero-order valence-corrected chi connectivity index (χ0v) is 13.7. The summed E-state index contributed by atoms with van der Waals surface area (Å²) in [6.45, 7) is 3.37. The number of anilines is 1. The molecule has 3 rings (SSSR count). The maximum absolute atomic E-state index is 12.2. The zero-order valence-electron chi connectivity index (χ0n) is 13.7. The fourth-order valence-corrected chi connectivity index (χ4v) is 2.31. The topological polar surface area (TPSA) is 94.1 Å². The molecule has 1 amide bonds. The Labute approximate surface area is 144 Å². The van der Waals surface area contributed by atoms with E-state index in [-0.39, 0.29) is 18.1 Å². The fraction of sp³-hybridized carbons (Fsp3) is 0.222. The van der Waals surface area contributed by atoms with Crippen LogP contribution in [0.4, 0.5) is 5.69 Å². The number of hydrogen-bond donors (Lipinski definition) is 2. The summed E-state index contributed by atoms with van der Waals surface area (Å²) in [5.74, 6) is -0.326. The highest BCUT2D eigenvalue weighted by Crippen LogP contribution is 2.34. The van der Waals surface area contributed by atoms with E-state index < -0.39 is 18.0 Å². The summed E-state index contributed by atoms with van der Waals surface area (Å²) in [5, 5.41) is 12.4. The number of benzene rings is 2. The quantitative estimate of drug-likeness (QED) is 0.829. The molecular formula is C18H17NO6. The van der Waals surface area contributed by atoms with Gasteiger partial charge in [0.15, 0.2) is 17.6 Å². The Morgan fingerprint density at radius 1 is 1.16 bits per heavy atom. The lowest BCUT2D eigenvalue weighted by Crippen LogP contribution is -2.30. The standard InChI is InChI=1S/C18H17NO6/c1-10-3-5-14(20)13(7-10)18(22)25-11(2)17(21)19-12-4-6-15-16(8-12)24-9-23-15/h3-8,11,20H,9H2,1-2H3,(H,19,21). The third-order valence-corrected chi connectivity index (χ3v) is 3.67. The van der Waals surface area contributed by atoms with Gasteiger partial charge in [0.2, 0.25) is 6.79 Å². The predicted octanol–water partition coefficient (Wildman–Crippen LogP) is 2.61. The number of carbonyl (C=O) groups excluding carboxylic acids is 2. The van der Waals surface area contributed by atoms with Crippen molar-refractivity contribution in [2.45, 2.75) is 20.0 Å². The van der Waals surface area contributed by atoms with Crippen molar-refractivity contribution in [3.05, 3.63) is 47.5 Å². The second kappa shape index (κ2) is 6.72. The Morgan fingerprint density at radius 3 is 2.72 bits per heavy atom. The van der Waals surface area contributed by atoms with E-state index in [0.717, 1.165) is 5.56 Å². The van der Waals surface area contributed by atoms with E-state index in [1.165, 1.54) is 19.1 Å². The van der Waals surface area contributed by atoms with Crippen molar-refractivity contribution in [2.75, 3.05) is 12.1 Å². The number of rotatable bonds is 4. The molecule has 1 unspecified atom stereocenters. The molecule has 1 heterocycles. The summed E-state index contributed by atoms with van der Waals surface area (Å²) in [5.41, 5.74) is 1.31. The van der Waals surface area contributed by atoms with Crippen molar-refractivity contribution in [1.82, 2.24) is 0 Å². The first-order chi connectivity index (χ1) is 11.9. The number of fused-ring (bicyclic) bond motifs is 1. The Kier molecular flexibility index (Phi) is 4.47. The molecule has 0 fully saturated rings. The Hall–Kier alpha value is -3.22. The molecule has 130 valence electrons. The van der Waals surface area contributed by atoms with Crippen molar-refractivity contribution in [3.63, 3.8) is 0 Å². The summed E-state index contributed by atoms with van der Waals surface area (Å²) in [4.78, 5) is 24.3. The number of nitrogens with one attached hydrogen (secondary N) is 1. The van der Waals surface area contributed by atoms with E-state index in [1.807, 2.05) is 0 Å². The first-order valence-electron chi connectivity index (χ1n) is 7.65. The third-order valence-electron chi connectivity index (χ3n) is 3.67. The minimum Gasteiger partial charge on any atom is -0.507 e. The van der Waals surface area contributed by atoms with E-state index in [9.17, 15) is 14.7 Å². The van der Waals surface area contributed by atoms with Gasteiger partial charge in [-0.15, -0.1) is 0 Å². The van der Waals surface area contributed by atoms with E-state index in [0.29, 0.717) is 17.2 Å². The lowest BCUT2D eigenvalue weighted by atomic mass is 10.1. The molecular weight excluding hydrogens is 326 g/mol. The second-order valence-electron chi connectivity index (χ2n) is 5.63. The largest absolute Gasteiger partial charge is 0.507 e. The Morgan fingerprint density at radius 2 is 1.92 bits per heavy atom. The van der Waals surface area contributed by atoms with Gasteiger partial charge in [-0.2, -0.15) is 0 Å². The smallest absolute Gasteiger partial charge is 0.342 e. The molecule has 7 nitrogen and oxygen atoms in total. The van der Waals surface area contributed by atoms with Crippen molar-refractivity contribution in [3.8, 4) is 17.2 Å². The number of esters is 1. The average molecular weight is 343 g/mol. The molecule has 0 saturated heterocycles. The number of phenols is 1. The van der Waals surface area contributed by atoms with Crippen LogP contribution in [0.1, 0.15) is 22.8 Å². The van der Waals surface area contributed by atoms with Gasteiger partial charge in [0.05, 0.1) is 0 Å². The molecule has 7 heteroatoms. The molecule has 0 aromatic heterocycles. The highest BCUT2D eigenvalue weighted by atomic mass is 16.7. The molecule has 0 bridgehead atoms. The van der Waals surface area contributed by atoms with Crippen LogP contribution in [0.3, 0.4) is 0 Å². The summed E-state index contributed by atoms with van der Waals surface area (Å²) < 4.78 is 15.6. The van der Waals surface area contributed by atoms with Crippen LogP contribution >= 0.6 is 0 Å². The number of ether oxygens (including phenoxy) is 3. The lowest BCUT2D eigenvalue weighted by molar-refractivity contribution is -0.123. The summed E-state index contributed by atoms with van der Waals surface area (Å²) >= 11 is 0. The number of carbonyl (C=O) groups is 2. The molecule has 2 N–H and O–H groups in total.